The van der Waals surface area contributed by atoms with Crippen molar-refractivity contribution in [2.24, 2.45) is 0 Å². The van der Waals surface area contributed by atoms with Crippen molar-refractivity contribution in [1.29, 1.82) is 5.26 Å². The van der Waals surface area contributed by atoms with E-state index in [1.165, 1.54) is 11.8 Å². The van der Waals surface area contributed by atoms with Gasteiger partial charge in [0.2, 0.25) is 11.8 Å². The van der Waals surface area contributed by atoms with Crippen molar-refractivity contribution in [2.45, 2.75) is 16.4 Å². The molecule has 0 saturated carbocycles. The first-order valence-corrected chi connectivity index (χ1v) is 10.3. The van der Waals surface area contributed by atoms with E-state index in [0.29, 0.717) is 24.0 Å². The number of nitriles is 1. The predicted molar refractivity (Wildman–Crippen MR) is 113 cm³/mol. The lowest BCUT2D eigenvalue weighted by Crippen LogP contribution is -2.44. The lowest BCUT2D eigenvalue weighted by molar-refractivity contribution is 0.285. The van der Waals surface area contributed by atoms with Gasteiger partial charge in [0.1, 0.15) is 6.61 Å². The number of aromatic nitrogens is 2. The van der Waals surface area contributed by atoms with Crippen LogP contribution in [0, 0.1) is 11.3 Å². The average Bonchev–Trinajstić information content (AvgIpc) is 2.80. The molecule has 1 fully saturated rings. The van der Waals surface area contributed by atoms with E-state index in [1.54, 1.807) is 0 Å². The molecule has 1 aromatic heterocycles. The van der Waals surface area contributed by atoms with E-state index in [-0.39, 0.29) is 0 Å². The Balaban J connectivity index is 1.58. The summed E-state index contributed by atoms with van der Waals surface area (Å²) in [5, 5.41) is 12.3. The minimum absolute atomic E-state index is 0.444. The summed E-state index contributed by atoms with van der Waals surface area (Å²) in [7, 11) is 0. The van der Waals surface area contributed by atoms with Crippen LogP contribution in [0.5, 0.6) is 5.88 Å². The third-order valence-corrected chi connectivity index (χ3v) is 5.55. The van der Waals surface area contributed by atoms with Crippen molar-refractivity contribution in [3.8, 4) is 11.9 Å². The highest BCUT2D eigenvalue weighted by Gasteiger charge is 2.17. The SMILES string of the molecule is N#Cc1ccc(Sc2cnc(N3CCNCC3)nc2OCc2ccccc2)cc1. The van der Waals surface area contributed by atoms with E-state index < -0.39 is 0 Å². The molecular weight excluding hydrogens is 382 g/mol. The number of rotatable bonds is 6. The standard InChI is InChI=1S/C22H21N5OS/c23-14-17-6-8-19(9-7-17)29-20-15-25-22(27-12-10-24-11-13-27)26-21(20)28-16-18-4-2-1-3-5-18/h1-9,15,24H,10-13,16H2. The Morgan fingerprint density at radius 1 is 1.07 bits per heavy atom. The molecule has 1 aliphatic heterocycles. The maximum atomic E-state index is 8.99. The molecule has 1 saturated heterocycles. The number of hydrogen-bond acceptors (Lipinski definition) is 7. The van der Waals surface area contributed by atoms with Gasteiger partial charge in [-0.25, -0.2) is 4.98 Å². The van der Waals surface area contributed by atoms with Crippen LogP contribution in [0.1, 0.15) is 11.1 Å². The Labute approximate surface area is 174 Å². The first-order chi connectivity index (χ1) is 14.3. The maximum Gasteiger partial charge on any atom is 0.232 e. The zero-order chi connectivity index (χ0) is 19.9. The normalized spacial score (nSPS) is 13.7. The van der Waals surface area contributed by atoms with Crippen LogP contribution in [0.2, 0.25) is 0 Å². The van der Waals surface area contributed by atoms with E-state index in [2.05, 4.69) is 21.3 Å². The van der Waals surface area contributed by atoms with E-state index in [9.17, 15) is 0 Å². The topological polar surface area (TPSA) is 74.1 Å². The second-order valence-electron chi connectivity index (χ2n) is 6.59. The minimum atomic E-state index is 0.444. The zero-order valence-corrected chi connectivity index (χ0v) is 16.7. The third kappa shape index (κ3) is 5.05. The first kappa shape index (κ1) is 19.2. The van der Waals surface area contributed by atoms with Gasteiger partial charge in [-0.3, -0.25) is 0 Å². The van der Waals surface area contributed by atoms with Gasteiger partial charge in [0.25, 0.3) is 0 Å². The number of benzene rings is 2. The average molecular weight is 404 g/mol. The van der Waals surface area contributed by atoms with Crippen molar-refractivity contribution < 1.29 is 4.74 Å². The van der Waals surface area contributed by atoms with Gasteiger partial charge < -0.3 is 15.0 Å². The van der Waals surface area contributed by atoms with E-state index >= 15 is 0 Å². The molecule has 7 heteroatoms. The fourth-order valence-corrected chi connectivity index (χ4v) is 3.81. The summed E-state index contributed by atoms with van der Waals surface area (Å²) in [6, 6.07) is 19.7. The molecule has 1 N–H and O–H groups in total. The molecule has 1 aliphatic rings. The number of ether oxygens (including phenoxy) is 1. The molecule has 0 bridgehead atoms. The second-order valence-corrected chi connectivity index (χ2v) is 7.70. The fourth-order valence-electron chi connectivity index (χ4n) is 2.99. The van der Waals surface area contributed by atoms with E-state index in [0.717, 1.165) is 41.5 Å². The molecule has 2 aromatic carbocycles. The molecule has 4 rings (SSSR count). The van der Waals surface area contributed by atoms with Gasteiger partial charge in [-0.1, -0.05) is 42.1 Å². The summed E-state index contributed by atoms with van der Waals surface area (Å²) in [5.41, 5.74) is 1.73. The van der Waals surface area contributed by atoms with Crippen molar-refractivity contribution in [3.05, 3.63) is 71.9 Å². The smallest absolute Gasteiger partial charge is 0.232 e. The molecule has 2 heterocycles. The molecule has 0 spiro atoms. The number of nitrogens with zero attached hydrogens (tertiary/aromatic N) is 4. The quantitative estimate of drug-likeness (QED) is 0.675. The highest BCUT2D eigenvalue weighted by Crippen LogP contribution is 2.34. The summed E-state index contributed by atoms with van der Waals surface area (Å²) in [4.78, 5) is 13.3. The predicted octanol–water partition coefficient (Wildman–Crippen LogP) is 3.49. The zero-order valence-electron chi connectivity index (χ0n) is 15.9. The Kier molecular flexibility index (Phi) is 6.25. The van der Waals surface area contributed by atoms with Gasteiger partial charge in [-0.2, -0.15) is 10.2 Å². The summed E-state index contributed by atoms with van der Waals surface area (Å²) < 4.78 is 6.11. The van der Waals surface area contributed by atoms with Crippen molar-refractivity contribution in [1.82, 2.24) is 15.3 Å². The molecule has 0 radical (unpaired) electrons. The molecule has 146 valence electrons. The van der Waals surface area contributed by atoms with Crippen LogP contribution in [0.15, 0.2) is 70.6 Å². The van der Waals surface area contributed by atoms with E-state index in [1.807, 2.05) is 60.8 Å². The summed E-state index contributed by atoms with van der Waals surface area (Å²) >= 11 is 1.53. The number of piperazine rings is 1. The van der Waals surface area contributed by atoms with Crippen LogP contribution in [0.3, 0.4) is 0 Å². The molecule has 0 atom stereocenters. The summed E-state index contributed by atoms with van der Waals surface area (Å²) in [6.07, 6.45) is 1.83. The maximum absolute atomic E-state index is 8.99. The van der Waals surface area contributed by atoms with Crippen LogP contribution < -0.4 is 15.0 Å². The minimum Gasteiger partial charge on any atom is -0.472 e. The van der Waals surface area contributed by atoms with Gasteiger partial charge in [0, 0.05) is 31.1 Å². The molecule has 29 heavy (non-hydrogen) atoms. The third-order valence-electron chi connectivity index (χ3n) is 4.54. The van der Waals surface area contributed by atoms with Crippen molar-refractivity contribution >= 4 is 17.7 Å². The Morgan fingerprint density at radius 2 is 1.83 bits per heavy atom. The first-order valence-electron chi connectivity index (χ1n) is 9.49. The second kappa shape index (κ2) is 9.41. The van der Waals surface area contributed by atoms with Gasteiger partial charge >= 0.3 is 0 Å². The molecule has 6 nitrogen and oxygen atoms in total. The number of hydrogen-bond donors (Lipinski definition) is 1. The van der Waals surface area contributed by atoms with Crippen molar-refractivity contribution in [3.63, 3.8) is 0 Å². The van der Waals surface area contributed by atoms with Gasteiger partial charge in [-0.05, 0) is 29.8 Å². The fraction of sp³-hybridized carbons (Fsp3) is 0.227. The lowest BCUT2D eigenvalue weighted by atomic mass is 10.2. The van der Waals surface area contributed by atoms with Gasteiger partial charge in [0.05, 0.1) is 22.7 Å². The van der Waals surface area contributed by atoms with Gasteiger partial charge in [0.15, 0.2) is 0 Å². The number of anilines is 1. The largest absolute Gasteiger partial charge is 0.472 e. The summed E-state index contributed by atoms with van der Waals surface area (Å²) in [6.45, 7) is 4.04. The molecule has 0 unspecified atom stereocenters. The molecular formula is C22H21N5OS. The monoisotopic (exact) mass is 403 g/mol. The molecule has 3 aromatic rings. The highest BCUT2D eigenvalue weighted by atomic mass is 32.2. The van der Waals surface area contributed by atoms with E-state index in [4.69, 9.17) is 15.0 Å². The Bertz CT molecular complexity index is 982. The van der Waals surface area contributed by atoms with Crippen LogP contribution in [0.4, 0.5) is 5.95 Å². The van der Waals surface area contributed by atoms with Crippen LogP contribution in [-0.4, -0.2) is 36.1 Å². The number of nitrogens with one attached hydrogen (secondary N) is 1. The lowest BCUT2D eigenvalue weighted by Gasteiger charge is -2.27. The van der Waals surface area contributed by atoms with Crippen LogP contribution in [0.25, 0.3) is 0 Å². The van der Waals surface area contributed by atoms with Crippen molar-refractivity contribution in [2.75, 3.05) is 31.1 Å². The highest BCUT2D eigenvalue weighted by molar-refractivity contribution is 7.99. The molecule has 0 amide bonds. The Morgan fingerprint density at radius 3 is 2.55 bits per heavy atom. The Hall–Kier alpha value is -3.08. The van der Waals surface area contributed by atoms with Crippen LogP contribution >= 0.6 is 11.8 Å². The summed E-state index contributed by atoms with van der Waals surface area (Å²) in [5.74, 6) is 1.27. The molecule has 0 aliphatic carbocycles. The van der Waals surface area contributed by atoms with Gasteiger partial charge in [-0.15, -0.1) is 0 Å². The van der Waals surface area contributed by atoms with Crippen LogP contribution in [-0.2, 0) is 6.61 Å².